The van der Waals surface area contributed by atoms with Crippen LogP contribution in [0.2, 0.25) is 0 Å². The van der Waals surface area contributed by atoms with Gasteiger partial charge in [0, 0.05) is 4.47 Å². The lowest BCUT2D eigenvalue weighted by Crippen LogP contribution is -2.28. The maximum absolute atomic E-state index is 3.69. The summed E-state index contributed by atoms with van der Waals surface area (Å²) in [6, 6.07) is 63.1. The van der Waals surface area contributed by atoms with Crippen LogP contribution >= 0.6 is 15.9 Å². The van der Waals surface area contributed by atoms with Crippen LogP contribution in [-0.4, -0.2) is 7.85 Å². The molecule has 0 spiro atoms. The van der Waals surface area contributed by atoms with Gasteiger partial charge in [-0.1, -0.05) is 167 Å². The third-order valence-corrected chi connectivity index (χ3v) is 10.6. The molecule has 0 saturated carbocycles. The average molecular weight is 661 g/mol. The zero-order valence-electron chi connectivity index (χ0n) is 26.0. The van der Waals surface area contributed by atoms with Crippen LogP contribution < -0.4 is 5.46 Å². The lowest BCUT2D eigenvalue weighted by molar-refractivity contribution is 0.769. The third-order valence-electron chi connectivity index (χ3n) is 10.1. The molecule has 0 saturated heterocycles. The zero-order chi connectivity index (χ0) is 31.5. The second-order valence-electron chi connectivity index (χ2n) is 12.6. The summed E-state index contributed by atoms with van der Waals surface area (Å²) in [5.41, 5.74) is 13.6. The summed E-state index contributed by atoms with van der Waals surface area (Å²) < 4.78 is 1.08. The van der Waals surface area contributed by atoms with Gasteiger partial charge >= 0.3 is 0 Å². The Balaban J connectivity index is 1.51. The molecule has 0 heterocycles. The molecule has 0 radical (unpaired) electrons. The Kier molecular flexibility index (Phi) is 6.55. The lowest BCUT2D eigenvalue weighted by Gasteiger charge is -2.34. The summed E-state index contributed by atoms with van der Waals surface area (Å²) in [6.07, 6.45) is 0. The van der Waals surface area contributed by atoms with Gasteiger partial charge in [-0.2, -0.15) is 0 Å². The quantitative estimate of drug-likeness (QED) is 0.130. The van der Waals surface area contributed by atoms with E-state index in [4.69, 9.17) is 0 Å². The molecular formula is C45H30BBr. The van der Waals surface area contributed by atoms with Gasteiger partial charge in [0.1, 0.15) is 7.85 Å². The van der Waals surface area contributed by atoms with E-state index < -0.39 is 5.41 Å². The van der Waals surface area contributed by atoms with Crippen LogP contribution in [0.4, 0.5) is 0 Å². The van der Waals surface area contributed by atoms with Crippen LogP contribution in [0.1, 0.15) is 22.3 Å². The molecule has 47 heavy (non-hydrogen) atoms. The molecular weight excluding hydrogens is 631 g/mol. The second-order valence-corrected chi connectivity index (χ2v) is 13.6. The number of hydrogen-bond acceptors (Lipinski definition) is 0. The molecule has 0 aromatic heterocycles. The molecule has 0 aliphatic heterocycles. The largest absolute Gasteiger partial charge is 0.139 e. The number of halogens is 1. The van der Waals surface area contributed by atoms with Crippen molar-refractivity contribution >= 4 is 50.8 Å². The Morgan fingerprint density at radius 2 is 0.894 bits per heavy atom. The number of hydrogen-bond donors (Lipinski definition) is 0. The minimum absolute atomic E-state index is 0.463. The monoisotopic (exact) mass is 660 g/mol. The predicted molar refractivity (Wildman–Crippen MR) is 206 cm³/mol. The van der Waals surface area contributed by atoms with Crippen LogP contribution in [0.5, 0.6) is 0 Å². The highest BCUT2D eigenvalue weighted by atomic mass is 79.9. The first-order valence-electron chi connectivity index (χ1n) is 16.2. The summed E-state index contributed by atoms with van der Waals surface area (Å²) in [7, 11) is 2.16. The van der Waals surface area contributed by atoms with Crippen LogP contribution in [0.25, 0.3) is 54.9 Å². The Hall–Kier alpha value is -5.18. The minimum Gasteiger partial charge on any atom is -0.0889 e. The first-order chi connectivity index (χ1) is 23.1. The molecule has 8 aromatic rings. The van der Waals surface area contributed by atoms with Crippen LogP contribution in [0.15, 0.2) is 174 Å². The third kappa shape index (κ3) is 4.22. The minimum atomic E-state index is -0.463. The fourth-order valence-corrected chi connectivity index (χ4v) is 8.33. The van der Waals surface area contributed by atoms with Crippen LogP contribution in [0.3, 0.4) is 0 Å². The summed E-state index contributed by atoms with van der Waals surface area (Å²) >= 11 is 3.69. The fourth-order valence-electron chi connectivity index (χ4n) is 8.07. The van der Waals surface area contributed by atoms with E-state index in [2.05, 4.69) is 194 Å². The van der Waals surface area contributed by atoms with Gasteiger partial charge in [0.2, 0.25) is 0 Å². The molecule has 1 aliphatic rings. The number of benzene rings is 8. The van der Waals surface area contributed by atoms with Gasteiger partial charge in [-0.05, 0) is 101 Å². The first kappa shape index (κ1) is 28.1. The summed E-state index contributed by atoms with van der Waals surface area (Å²) in [5, 5.41) is 5.07. The fraction of sp³-hybridized carbons (Fsp3) is 0.0222. The lowest BCUT2D eigenvalue weighted by atomic mass is 9.67. The van der Waals surface area contributed by atoms with E-state index in [0.29, 0.717) is 0 Å². The van der Waals surface area contributed by atoms with E-state index in [1.54, 1.807) is 0 Å². The summed E-state index contributed by atoms with van der Waals surface area (Å²) in [5.74, 6) is 0. The van der Waals surface area contributed by atoms with Crippen molar-refractivity contribution in [1.29, 1.82) is 0 Å². The Labute approximate surface area is 284 Å². The Morgan fingerprint density at radius 3 is 1.49 bits per heavy atom. The molecule has 220 valence electrons. The van der Waals surface area contributed by atoms with E-state index >= 15 is 0 Å². The molecule has 0 nitrogen and oxygen atoms in total. The van der Waals surface area contributed by atoms with Crippen molar-refractivity contribution in [3.8, 4) is 33.4 Å². The number of rotatable bonds is 4. The molecule has 0 atom stereocenters. The van der Waals surface area contributed by atoms with Gasteiger partial charge in [-0.3, -0.25) is 0 Å². The maximum Gasteiger partial charge on any atom is 0.139 e. The SMILES string of the molecule is Bc1ccc(-c2c3ccccc3c(-c3ccc(Br)cc3)c3cc4c(cc23)-c2ccccc2C4(c2ccccc2)c2ccccc2)cc1. The highest BCUT2D eigenvalue weighted by molar-refractivity contribution is 9.10. The molecule has 1 aliphatic carbocycles. The van der Waals surface area contributed by atoms with Gasteiger partial charge in [0.15, 0.2) is 0 Å². The summed E-state index contributed by atoms with van der Waals surface area (Å²) in [4.78, 5) is 0. The Bertz CT molecular complexity index is 2410. The van der Waals surface area contributed by atoms with Crippen molar-refractivity contribution in [3.63, 3.8) is 0 Å². The van der Waals surface area contributed by atoms with Gasteiger partial charge < -0.3 is 0 Å². The van der Waals surface area contributed by atoms with E-state index in [-0.39, 0.29) is 0 Å². The van der Waals surface area contributed by atoms with Crippen LogP contribution in [0, 0.1) is 0 Å². The van der Waals surface area contributed by atoms with Crippen molar-refractivity contribution in [3.05, 3.63) is 197 Å². The van der Waals surface area contributed by atoms with Crippen molar-refractivity contribution in [2.24, 2.45) is 0 Å². The van der Waals surface area contributed by atoms with Crippen molar-refractivity contribution in [2.45, 2.75) is 5.41 Å². The van der Waals surface area contributed by atoms with Gasteiger partial charge in [-0.15, -0.1) is 0 Å². The van der Waals surface area contributed by atoms with Gasteiger partial charge in [-0.25, -0.2) is 0 Å². The van der Waals surface area contributed by atoms with E-state index in [1.807, 2.05) is 0 Å². The highest BCUT2D eigenvalue weighted by Crippen LogP contribution is 2.58. The van der Waals surface area contributed by atoms with E-state index in [9.17, 15) is 0 Å². The molecule has 0 bridgehead atoms. The smallest absolute Gasteiger partial charge is 0.0889 e. The summed E-state index contributed by atoms with van der Waals surface area (Å²) in [6.45, 7) is 0. The molecule has 0 fully saturated rings. The van der Waals surface area contributed by atoms with Crippen LogP contribution in [-0.2, 0) is 5.41 Å². The van der Waals surface area contributed by atoms with Gasteiger partial charge in [0.25, 0.3) is 0 Å². The second kappa shape index (κ2) is 11.0. The highest BCUT2D eigenvalue weighted by Gasteiger charge is 2.46. The Morgan fingerprint density at radius 1 is 0.404 bits per heavy atom. The van der Waals surface area contributed by atoms with E-state index in [1.165, 1.54) is 82.6 Å². The molecule has 0 N–H and O–H groups in total. The molecule has 8 aromatic carbocycles. The normalized spacial score (nSPS) is 13.0. The van der Waals surface area contributed by atoms with E-state index in [0.717, 1.165) is 4.47 Å². The molecule has 0 amide bonds. The first-order valence-corrected chi connectivity index (χ1v) is 17.0. The van der Waals surface area contributed by atoms with Crippen molar-refractivity contribution in [1.82, 2.24) is 0 Å². The predicted octanol–water partition coefficient (Wildman–Crippen LogP) is 10.7. The van der Waals surface area contributed by atoms with Crippen molar-refractivity contribution in [2.75, 3.05) is 0 Å². The standard InChI is InChI=1S/C45H30BBr/c46-33-23-19-29(20-24-33)43-36-16-7-8-17-37(36)44(30-21-25-34(47)26-22-30)40-28-42-38(27-39(40)43)35-15-9-10-18-41(35)45(42,31-11-3-1-4-12-31)32-13-5-2-6-14-32/h1-28H,46H2. The average Bonchev–Trinajstić information content (AvgIpc) is 3.41. The van der Waals surface area contributed by atoms with Crippen molar-refractivity contribution < 1.29 is 0 Å². The topological polar surface area (TPSA) is 0 Å². The molecule has 0 unspecified atom stereocenters. The molecule has 2 heteroatoms. The number of fused-ring (bicyclic) bond motifs is 5. The maximum atomic E-state index is 3.69. The van der Waals surface area contributed by atoms with Gasteiger partial charge in [0.05, 0.1) is 5.41 Å². The zero-order valence-corrected chi connectivity index (χ0v) is 27.6. The molecule has 9 rings (SSSR count).